The average molecular weight is 265 g/mol. The number of hydrogen-bond donors (Lipinski definition) is 0. The molecule has 0 aromatic rings. The maximum atomic E-state index is 13.1. The molecule has 1 atom stereocenters. The van der Waals surface area contributed by atoms with Gasteiger partial charge in [0.1, 0.15) is 5.60 Å². The van der Waals surface area contributed by atoms with E-state index in [0.29, 0.717) is 0 Å². The van der Waals surface area contributed by atoms with Gasteiger partial charge >= 0.3 is 12.1 Å². The smallest absolute Gasteiger partial charge is 0.411 e. The summed E-state index contributed by atoms with van der Waals surface area (Å²) in [6.45, 7) is 4.90. The number of esters is 1. The Morgan fingerprint density at radius 2 is 1.89 bits per heavy atom. The predicted octanol–water partition coefficient (Wildman–Crippen LogP) is 1.80. The lowest BCUT2D eigenvalue weighted by molar-refractivity contribution is -0.181. The summed E-state index contributed by atoms with van der Waals surface area (Å²) >= 11 is 0. The van der Waals surface area contributed by atoms with E-state index in [4.69, 9.17) is 4.74 Å². The normalized spacial score (nSPS) is 23.6. The average Bonchev–Trinajstić information content (AvgIpc) is 2.12. The number of carbonyl (C=O) groups excluding carboxylic acids is 2. The molecule has 1 aliphatic rings. The van der Waals surface area contributed by atoms with E-state index in [9.17, 15) is 18.4 Å². The highest BCUT2D eigenvalue weighted by molar-refractivity contribution is 5.88. The van der Waals surface area contributed by atoms with Crippen LogP contribution in [0.3, 0.4) is 0 Å². The second kappa shape index (κ2) is 4.70. The van der Waals surface area contributed by atoms with Crippen LogP contribution in [0, 0.1) is 0 Å². The summed E-state index contributed by atoms with van der Waals surface area (Å²) in [5.74, 6) is -1.12. The fourth-order valence-corrected chi connectivity index (χ4v) is 1.74. The summed E-state index contributed by atoms with van der Waals surface area (Å²) in [4.78, 5) is 24.0. The molecule has 0 bridgehead atoms. The van der Waals surface area contributed by atoms with Gasteiger partial charge in [-0.2, -0.15) is 0 Å². The van der Waals surface area contributed by atoms with Crippen molar-refractivity contribution in [2.75, 3.05) is 13.7 Å². The van der Waals surface area contributed by atoms with Crippen molar-refractivity contribution in [1.29, 1.82) is 0 Å². The van der Waals surface area contributed by atoms with Crippen LogP contribution < -0.4 is 0 Å². The molecule has 0 aliphatic carbocycles. The van der Waals surface area contributed by atoms with E-state index in [1.807, 2.05) is 0 Å². The van der Waals surface area contributed by atoms with Gasteiger partial charge in [0, 0.05) is 13.0 Å². The molecular weight excluding hydrogens is 248 g/mol. The predicted molar refractivity (Wildman–Crippen MR) is 58.3 cm³/mol. The molecule has 0 aromatic heterocycles. The highest BCUT2D eigenvalue weighted by atomic mass is 19.3. The second-order valence-corrected chi connectivity index (χ2v) is 5.10. The molecule has 0 N–H and O–H groups in total. The molecule has 1 amide bonds. The van der Waals surface area contributed by atoms with Crippen molar-refractivity contribution in [3.8, 4) is 0 Å². The number of methoxy groups -OCH3 is 1. The molecule has 1 saturated heterocycles. The number of ether oxygens (including phenoxy) is 2. The lowest BCUT2D eigenvalue weighted by Crippen LogP contribution is -2.71. The summed E-state index contributed by atoms with van der Waals surface area (Å²) < 4.78 is 35.5. The highest BCUT2D eigenvalue weighted by Gasteiger charge is 2.62. The van der Waals surface area contributed by atoms with Crippen LogP contribution in [-0.2, 0) is 14.3 Å². The zero-order valence-electron chi connectivity index (χ0n) is 10.8. The van der Waals surface area contributed by atoms with Crippen LogP contribution in [0.4, 0.5) is 13.6 Å². The van der Waals surface area contributed by atoms with E-state index < -0.39 is 29.6 Å². The summed E-state index contributed by atoms with van der Waals surface area (Å²) in [5, 5.41) is 0. The van der Waals surface area contributed by atoms with E-state index in [1.54, 1.807) is 20.8 Å². The van der Waals surface area contributed by atoms with Gasteiger partial charge in [-0.1, -0.05) is 0 Å². The Hall–Kier alpha value is -1.40. The number of rotatable bonds is 2. The van der Waals surface area contributed by atoms with Crippen molar-refractivity contribution in [3.63, 3.8) is 0 Å². The number of amides is 1. The first kappa shape index (κ1) is 14.7. The van der Waals surface area contributed by atoms with Gasteiger partial charge in [0.25, 0.3) is 6.43 Å². The molecule has 0 radical (unpaired) electrons. The highest BCUT2D eigenvalue weighted by Crippen LogP contribution is 2.38. The molecule has 1 rings (SSSR count). The van der Waals surface area contributed by atoms with E-state index in [1.165, 1.54) is 0 Å². The minimum absolute atomic E-state index is 0.0500. The topological polar surface area (TPSA) is 55.8 Å². The lowest BCUT2D eigenvalue weighted by Gasteiger charge is -2.48. The third-order valence-electron chi connectivity index (χ3n) is 2.71. The van der Waals surface area contributed by atoms with Crippen LogP contribution in [0.1, 0.15) is 27.2 Å². The molecule has 0 saturated carbocycles. The van der Waals surface area contributed by atoms with E-state index in [0.717, 1.165) is 12.0 Å². The zero-order chi connectivity index (χ0) is 14.1. The van der Waals surface area contributed by atoms with Gasteiger partial charge in [0.15, 0.2) is 0 Å². The first-order chi connectivity index (χ1) is 8.15. The minimum atomic E-state index is -3.01. The van der Waals surface area contributed by atoms with Crippen LogP contribution in [-0.4, -0.2) is 48.2 Å². The summed E-state index contributed by atoms with van der Waals surface area (Å²) in [7, 11) is 1.01. The zero-order valence-corrected chi connectivity index (χ0v) is 10.8. The molecule has 0 spiro atoms. The van der Waals surface area contributed by atoms with Crippen molar-refractivity contribution >= 4 is 12.1 Å². The molecule has 0 aromatic carbocycles. The fourth-order valence-electron chi connectivity index (χ4n) is 1.74. The van der Waals surface area contributed by atoms with Gasteiger partial charge in [-0.25, -0.2) is 18.4 Å². The fraction of sp³-hybridized carbons (Fsp3) is 0.818. The van der Waals surface area contributed by atoms with E-state index in [-0.39, 0.29) is 13.0 Å². The summed E-state index contributed by atoms with van der Waals surface area (Å²) in [6, 6.07) is 0. The van der Waals surface area contributed by atoms with Crippen molar-refractivity contribution < 1.29 is 27.8 Å². The number of likely N-dealkylation sites (tertiary alicyclic amines) is 1. The van der Waals surface area contributed by atoms with Gasteiger partial charge in [0.2, 0.25) is 5.54 Å². The molecule has 7 heteroatoms. The summed E-state index contributed by atoms with van der Waals surface area (Å²) in [5.41, 5.74) is -3.01. The Kier molecular flexibility index (Phi) is 3.83. The number of carbonyl (C=O) groups is 2. The van der Waals surface area contributed by atoms with Gasteiger partial charge < -0.3 is 9.47 Å². The second-order valence-electron chi connectivity index (χ2n) is 5.10. The lowest BCUT2D eigenvalue weighted by atomic mass is 9.85. The van der Waals surface area contributed by atoms with Crippen LogP contribution in [0.5, 0.6) is 0 Å². The number of halogens is 2. The quantitative estimate of drug-likeness (QED) is 0.714. The molecule has 18 heavy (non-hydrogen) atoms. The third-order valence-corrected chi connectivity index (χ3v) is 2.71. The van der Waals surface area contributed by atoms with Crippen LogP contribution >= 0.6 is 0 Å². The van der Waals surface area contributed by atoms with Gasteiger partial charge in [-0.3, -0.25) is 4.90 Å². The van der Waals surface area contributed by atoms with Crippen molar-refractivity contribution in [1.82, 2.24) is 4.90 Å². The van der Waals surface area contributed by atoms with Crippen molar-refractivity contribution in [3.05, 3.63) is 0 Å². The maximum Gasteiger partial charge on any atom is 0.411 e. The summed E-state index contributed by atoms with van der Waals surface area (Å²) in [6.07, 6.45) is -4.07. The molecular formula is C11H17F2NO4. The third kappa shape index (κ3) is 2.39. The number of nitrogens with zero attached hydrogens (tertiary/aromatic N) is 1. The Morgan fingerprint density at radius 3 is 2.17 bits per heavy atom. The van der Waals surface area contributed by atoms with E-state index >= 15 is 0 Å². The van der Waals surface area contributed by atoms with Crippen molar-refractivity contribution in [2.24, 2.45) is 0 Å². The minimum Gasteiger partial charge on any atom is -0.467 e. The van der Waals surface area contributed by atoms with Gasteiger partial charge in [0.05, 0.1) is 7.11 Å². The Labute approximate surface area is 104 Å². The molecule has 1 aliphatic heterocycles. The molecule has 5 nitrogen and oxygen atoms in total. The maximum absolute atomic E-state index is 13.1. The Bertz CT molecular complexity index is 353. The standard InChI is InChI=1S/C11H17F2NO4/c1-10(2,3)18-9(16)14-6-5-11(14,7(12)13)8(15)17-4/h7H,5-6H2,1-4H3. The monoisotopic (exact) mass is 265 g/mol. The molecule has 1 heterocycles. The van der Waals surface area contributed by atoms with Gasteiger partial charge in [-0.15, -0.1) is 0 Å². The molecule has 1 fully saturated rings. The number of alkyl halides is 2. The van der Waals surface area contributed by atoms with Crippen molar-refractivity contribution in [2.45, 2.75) is 44.8 Å². The van der Waals surface area contributed by atoms with E-state index in [2.05, 4.69) is 4.74 Å². The van der Waals surface area contributed by atoms with Crippen LogP contribution in [0.15, 0.2) is 0 Å². The molecule has 104 valence electrons. The largest absolute Gasteiger partial charge is 0.467 e. The Morgan fingerprint density at radius 1 is 1.33 bits per heavy atom. The van der Waals surface area contributed by atoms with Crippen LogP contribution in [0.2, 0.25) is 0 Å². The first-order valence-electron chi connectivity index (χ1n) is 5.52. The van der Waals surface area contributed by atoms with Gasteiger partial charge in [-0.05, 0) is 20.8 Å². The number of hydrogen-bond acceptors (Lipinski definition) is 4. The first-order valence-corrected chi connectivity index (χ1v) is 5.52. The Balaban J connectivity index is 2.90. The SMILES string of the molecule is COC(=O)C1(C(F)F)CCN1C(=O)OC(C)(C)C. The molecule has 1 unspecified atom stereocenters. The van der Waals surface area contributed by atoms with Crippen LogP contribution in [0.25, 0.3) is 0 Å².